The van der Waals surface area contributed by atoms with Crippen molar-refractivity contribution in [1.82, 2.24) is 0 Å². The first-order chi connectivity index (χ1) is 14.5. The van der Waals surface area contributed by atoms with Crippen molar-refractivity contribution in [3.63, 3.8) is 0 Å². The van der Waals surface area contributed by atoms with E-state index in [9.17, 15) is 10.2 Å². The average molecular weight is 431 g/mol. The maximum Gasteiger partial charge on any atom is 0.122 e. The van der Waals surface area contributed by atoms with Gasteiger partial charge in [0.1, 0.15) is 11.5 Å². The molecule has 1 rings (SSSR count). The Morgan fingerprint density at radius 1 is 0.710 bits per heavy atom. The van der Waals surface area contributed by atoms with Gasteiger partial charge in [0.15, 0.2) is 0 Å². The first-order valence-corrected chi connectivity index (χ1v) is 12.7. The number of hydrogen-bond acceptors (Lipinski definition) is 2. The molecule has 2 heteroatoms. The van der Waals surface area contributed by atoms with Gasteiger partial charge in [-0.15, -0.1) is 0 Å². The van der Waals surface area contributed by atoms with Crippen LogP contribution in [0.2, 0.25) is 0 Å². The first kappa shape index (κ1) is 27.6. The lowest BCUT2D eigenvalue weighted by Crippen LogP contribution is -2.00. The summed E-state index contributed by atoms with van der Waals surface area (Å²) >= 11 is 0. The van der Waals surface area contributed by atoms with Crippen LogP contribution in [0, 0.1) is 38.5 Å². The SMILES string of the molecule is CC(=CCc1c(C)c(O)c(C)c(C)c1O)CCC[C@H](C)CCC[C@H](C)CCCC(C)C. The monoisotopic (exact) mass is 430 g/mol. The summed E-state index contributed by atoms with van der Waals surface area (Å²) in [5.41, 5.74) is 4.60. The van der Waals surface area contributed by atoms with E-state index in [1.807, 2.05) is 20.8 Å². The second-order valence-corrected chi connectivity index (χ2v) is 10.7. The lowest BCUT2D eigenvalue weighted by molar-refractivity contribution is 0.389. The van der Waals surface area contributed by atoms with Gasteiger partial charge >= 0.3 is 0 Å². The van der Waals surface area contributed by atoms with E-state index in [1.165, 1.54) is 56.9 Å². The van der Waals surface area contributed by atoms with E-state index in [0.29, 0.717) is 17.9 Å². The predicted octanol–water partition coefficient (Wildman–Crippen LogP) is 8.95. The number of aromatic hydroxyl groups is 2. The largest absolute Gasteiger partial charge is 0.507 e. The molecule has 2 nitrogen and oxygen atoms in total. The van der Waals surface area contributed by atoms with Crippen LogP contribution < -0.4 is 0 Å². The quantitative estimate of drug-likeness (QED) is 0.228. The van der Waals surface area contributed by atoms with Crippen LogP contribution in [-0.4, -0.2) is 10.2 Å². The van der Waals surface area contributed by atoms with Gasteiger partial charge in [0.25, 0.3) is 0 Å². The third kappa shape index (κ3) is 9.71. The minimum absolute atomic E-state index is 0.319. The summed E-state index contributed by atoms with van der Waals surface area (Å²) in [6.45, 7) is 17.3. The van der Waals surface area contributed by atoms with Crippen LogP contribution in [0.3, 0.4) is 0 Å². The van der Waals surface area contributed by atoms with Crippen molar-refractivity contribution >= 4 is 0 Å². The molecule has 0 unspecified atom stereocenters. The molecule has 0 saturated carbocycles. The number of rotatable bonds is 14. The predicted molar refractivity (Wildman–Crippen MR) is 136 cm³/mol. The normalized spacial score (nSPS) is 14.3. The van der Waals surface area contributed by atoms with Crippen molar-refractivity contribution in [3.05, 3.63) is 33.9 Å². The average Bonchev–Trinajstić information content (AvgIpc) is 2.70. The molecule has 2 atom stereocenters. The molecule has 0 fully saturated rings. The molecular formula is C29H50O2. The Hall–Kier alpha value is -1.44. The fourth-order valence-corrected chi connectivity index (χ4v) is 4.52. The Bertz CT molecular complexity index is 670. The smallest absolute Gasteiger partial charge is 0.122 e. The fraction of sp³-hybridized carbons (Fsp3) is 0.724. The molecule has 0 amide bonds. The number of phenols is 2. The highest BCUT2D eigenvalue weighted by Crippen LogP contribution is 2.36. The van der Waals surface area contributed by atoms with Gasteiger partial charge in [-0.1, -0.05) is 84.3 Å². The molecule has 1 aromatic carbocycles. The van der Waals surface area contributed by atoms with Crippen molar-refractivity contribution in [2.45, 2.75) is 120 Å². The summed E-state index contributed by atoms with van der Waals surface area (Å²) < 4.78 is 0. The molecule has 0 spiro atoms. The van der Waals surface area contributed by atoms with Crippen LogP contribution in [0.5, 0.6) is 11.5 Å². The van der Waals surface area contributed by atoms with Crippen LogP contribution >= 0.6 is 0 Å². The standard InChI is InChI=1S/C29H50O2/c1-20(2)12-9-13-21(3)14-10-15-22(4)16-11-17-23(5)18-19-27-26(8)28(30)24(6)25(7)29(27)31/h18,20-22,30-31H,9-17,19H2,1-8H3/t21-,22-/m1/s1. The summed E-state index contributed by atoms with van der Waals surface area (Å²) in [6.07, 6.45) is 14.8. The maximum atomic E-state index is 10.5. The van der Waals surface area contributed by atoms with Crippen molar-refractivity contribution < 1.29 is 10.2 Å². The number of hydrogen-bond donors (Lipinski definition) is 2. The molecule has 31 heavy (non-hydrogen) atoms. The Kier molecular flexibility index (Phi) is 12.3. The van der Waals surface area contributed by atoms with Gasteiger partial charge in [-0.05, 0) is 81.4 Å². The summed E-state index contributed by atoms with van der Waals surface area (Å²) in [7, 11) is 0. The molecule has 0 bridgehead atoms. The highest BCUT2D eigenvalue weighted by Gasteiger charge is 2.15. The molecule has 178 valence electrons. The molecule has 0 saturated heterocycles. The van der Waals surface area contributed by atoms with Gasteiger partial charge in [0.05, 0.1) is 0 Å². The second kappa shape index (κ2) is 13.9. The number of allylic oxidation sites excluding steroid dienone is 2. The highest BCUT2D eigenvalue weighted by atomic mass is 16.3. The molecule has 0 heterocycles. The van der Waals surface area contributed by atoms with Crippen LogP contribution in [0.4, 0.5) is 0 Å². The molecular weight excluding hydrogens is 380 g/mol. The Balaban J connectivity index is 2.34. The fourth-order valence-electron chi connectivity index (χ4n) is 4.52. The minimum atomic E-state index is 0.319. The molecule has 0 aliphatic carbocycles. The van der Waals surface area contributed by atoms with Crippen molar-refractivity contribution in [1.29, 1.82) is 0 Å². The number of benzene rings is 1. The molecule has 2 N–H and O–H groups in total. The maximum absolute atomic E-state index is 10.5. The topological polar surface area (TPSA) is 40.5 Å². The van der Waals surface area contributed by atoms with Crippen LogP contribution in [-0.2, 0) is 6.42 Å². The van der Waals surface area contributed by atoms with Crippen molar-refractivity contribution in [3.8, 4) is 11.5 Å². The van der Waals surface area contributed by atoms with E-state index < -0.39 is 0 Å². The van der Waals surface area contributed by atoms with Crippen molar-refractivity contribution in [2.75, 3.05) is 0 Å². The van der Waals surface area contributed by atoms with Crippen LogP contribution in [0.15, 0.2) is 11.6 Å². The molecule has 0 aromatic heterocycles. The second-order valence-electron chi connectivity index (χ2n) is 10.7. The van der Waals surface area contributed by atoms with E-state index in [0.717, 1.165) is 46.4 Å². The molecule has 0 aliphatic heterocycles. The third-order valence-electron chi connectivity index (χ3n) is 7.16. The van der Waals surface area contributed by atoms with Crippen LogP contribution in [0.1, 0.15) is 115 Å². The summed E-state index contributed by atoms with van der Waals surface area (Å²) in [5, 5.41) is 20.8. The van der Waals surface area contributed by atoms with Gasteiger partial charge in [-0.25, -0.2) is 0 Å². The lowest BCUT2D eigenvalue weighted by Gasteiger charge is -2.16. The van der Waals surface area contributed by atoms with E-state index in [1.54, 1.807) is 0 Å². The van der Waals surface area contributed by atoms with Crippen LogP contribution in [0.25, 0.3) is 0 Å². The van der Waals surface area contributed by atoms with Gasteiger partial charge < -0.3 is 10.2 Å². The molecule has 0 aliphatic rings. The van der Waals surface area contributed by atoms with Crippen molar-refractivity contribution in [2.24, 2.45) is 17.8 Å². The van der Waals surface area contributed by atoms with Gasteiger partial charge in [-0.2, -0.15) is 0 Å². The zero-order valence-corrected chi connectivity index (χ0v) is 21.8. The summed E-state index contributed by atoms with van der Waals surface area (Å²) in [4.78, 5) is 0. The number of phenolic OH excluding ortho intramolecular Hbond substituents is 2. The zero-order chi connectivity index (χ0) is 23.6. The lowest BCUT2D eigenvalue weighted by atomic mass is 9.91. The van der Waals surface area contributed by atoms with Gasteiger partial charge in [-0.3, -0.25) is 0 Å². The summed E-state index contributed by atoms with van der Waals surface area (Å²) in [5.74, 6) is 3.18. The molecule has 0 radical (unpaired) electrons. The third-order valence-corrected chi connectivity index (χ3v) is 7.16. The van der Waals surface area contributed by atoms with Gasteiger partial charge in [0.2, 0.25) is 0 Å². The molecule has 1 aromatic rings. The van der Waals surface area contributed by atoms with Gasteiger partial charge in [0, 0.05) is 5.56 Å². The highest BCUT2D eigenvalue weighted by molar-refractivity contribution is 5.57. The Labute approximate surface area is 193 Å². The van der Waals surface area contributed by atoms with E-state index in [2.05, 4.69) is 40.7 Å². The van der Waals surface area contributed by atoms with E-state index in [-0.39, 0.29) is 0 Å². The first-order valence-electron chi connectivity index (χ1n) is 12.7. The minimum Gasteiger partial charge on any atom is -0.507 e. The zero-order valence-electron chi connectivity index (χ0n) is 21.8. The Morgan fingerprint density at radius 3 is 1.74 bits per heavy atom. The summed E-state index contributed by atoms with van der Waals surface area (Å²) in [6, 6.07) is 0. The Morgan fingerprint density at radius 2 is 1.19 bits per heavy atom. The van der Waals surface area contributed by atoms with E-state index in [4.69, 9.17) is 0 Å². The van der Waals surface area contributed by atoms with E-state index >= 15 is 0 Å².